The number of aromatic nitrogens is 1. The average Bonchev–Trinajstić information content (AvgIpc) is 2.50. The second-order valence-corrected chi connectivity index (χ2v) is 6.73. The van der Waals surface area contributed by atoms with E-state index in [1.807, 2.05) is 10.9 Å². The van der Waals surface area contributed by atoms with Gasteiger partial charge in [-0.05, 0) is 37.2 Å². The van der Waals surface area contributed by atoms with Crippen LogP contribution in [0.15, 0.2) is 12.3 Å². The van der Waals surface area contributed by atoms with Crippen molar-refractivity contribution in [2.45, 2.75) is 45.6 Å². The molecule has 0 bridgehead atoms. The summed E-state index contributed by atoms with van der Waals surface area (Å²) in [5, 5.41) is 22.5. The third-order valence-corrected chi connectivity index (χ3v) is 4.26. The van der Waals surface area contributed by atoms with E-state index in [1.54, 1.807) is 0 Å². The minimum atomic E-state index is -0.901. The molecule has 25 heavy (non-hydrogen) atoms. The Balaban J connectivity index is 2.20. The number of carbonyl (C=O) groups excluding carboxylic acids is 1. The van der Waals surface area contributed by atoms with Gasteiger partial charge in [-0.3, -0.25) is 4.79 Å². The topological polar surface area (TPSA) is 152 Å². The minimum Gasteiger partial charge on any atom is -0.348 e. The number of nitrogens with one attached hydrogen (secondary N) is 3. The predicted octanol–water partition coefficient (Wildman–Crippen LogP) is 1.99. The first-order chi connectivity index (χ1) is 11.7. The number of anilines is 2. The molecule has 0 aromatic carbocycles. The van der Waals surface area contributed by atoms with E-state index in [-0.39, 0.29) is 28.5 Å². The van der Waals surface area contributed by atoms with Gasteiger partial charge in [-0.1, -0.05) is 13.8 Å². The first-order valence-corrected chi connectivity index (χ1v) is 7.80. The first-order valence-electron chi connectivity index (χ1n) is 7.80. The molecule has 1 aromatic rings. The Morgan fingerprint density at radius 3 is 2.36 bits per heavy atom. The van der Waals surface area contributed by atoms with Gasteiger partial charge in [0.1, 0.15) is 5.69 Å². The molecule has 0 radical (unpaired) electrons. The van der Waals surface area contributed by atoms with E-state index in [9.17, 15) is 25.0 Å². The molecule has 2 rings (SSSR count). The van der Waals surface area contributed by atoms with Gasteiger partial charge in [0.25, 0.3) is 5.91 Å². The molecular formula is C14H20N6O5. The fourth-order valence-electron chi connectivity index (χ4n) is 2.83. The molecular weight excluding hydrogens is 332 g/mol. The Hall–Kier alpha value is -2.98. The summed E-state index contributed by atoms with van der Waals surface area (Å²) in [6.45, 7) is 4.33. The van der Waals surface area contributed by atoms with Crippen molar-refractivity contribution in [3.8, 4) is 0 Å². The summed E-state index contributed by atoms with van der Waals surface area (Å²) >= 11 is 0. The number of nitro groups is 2. The van der Waals surface area contributed by atoms with Gasteiger partial charge in [-0.2, -0.15) is 0 Å². The van der Waals surface area contributed by atoms with Crippen molar-refractivity contribution in [3.05, 3.63) is 38.2 Å². The highest BCUT2D eigenvalue weighted by Gasteiger charge is 2.29. The van der Waals surface area contributed by atoms with Crippen molar-refractivity contribution in [3.63, 3.8) is 0 Å². The van der Waals surface area contributed by atoms with E-state index >= 15 is 0 Å². The van der Waals surface area contributed by atoms with Gasteiger partial charge in [0.05, 0.1) is 0 Å². The fraction of sp³-hybridized carbons (Fsp3) is 0.571. The number of hydrogen-bond donors (Lipinski definition) is 3. The number of nitrogens with zero attached hydrogens (tertiary/aromatic N) is 3. The van der Waals surface area contributed by atoms with Crippen LogP contribution in [0.25, 0.3) is 0 Å². The lowest BCUT2D eigenvalue weighted by molar-refractivity contribution is -0.448. The van der Waals surface area contributed by atoms with Crippen LogP contribution in [0.5, 0.6) is 0 Å². The van der Waals surface area contributed by atoms with E-state index in [4.69, 9.17) is 0 Å². The molecule has 1 aliphatic carbocycles. The second kappa shape index (κ2) is 7.28. The van der Waals surface area contributed by atoms with Crippen LogP contribution in [-0.4, -0.2) is 27.0 Å². The van der Waals surface area contributed by atoms with E-state index in [1.165, 1.54) is 12.3 Å². The molecule has 1 aliphatic rings. The average molecular weight is 352 g/mol. The molecule has 0 atom stereocenters. The maximum absolute atomic E-state index is 12.5. The van der Waals surface area contributed by atoms with Crippen molar-refractivity contribution in [2.75, 3.05) is 10.9 Å². The van der Waals surface area contributed by atoms with E-state index in [0.717, 1.165) is 25.7 Å². The van der Waals surface area contributed by atoms with Crippen molar-refractivity contribution in [1.82, 2.24) is 10.3 Å². The van der Waals surface area contributed by atoms with E-state index < -0.39 is 16.0 Å². The summed E-state index contributed by atoms with van der Waals surface area (Å²) in [4.78, 5) is 37.8. The number of carbonyl (C=O) groups is 1. The van der Waals surface area contributed by atoms with Crippen LogP contribution >= 0.6 is 0 Å². The molecule has 1 heterocycles. The zero-order valence-electron chi connectivity index (χ0n) is 13.9. The Bertz CT molecular complexity index is 682. The Morgan fingerprint density at radius 2 is 1.80 bits per heavy atom. The van der Waals surface area contributed by atoms with Crippen molar-refractivity contribution >= 4 is 17.3 Å². The monoisotopic (exact) mass is 352 g/mol. The fourth-order valence-corrected chi connectivity index (χ4v) is 2.83. The van der Waals surface area contributed by atoms with Crippen molar-refractivity contribution in [2.24, 2.45) is 5.41 Å². The van der Waals surface area contributed by atoms with Crippen LogP contribution in [0, 0.1) is 25.6 Å². The van der Waals surface area contributed by atoms with Crippen LogP contribution in [0.3, 0.4) is 0 Å². The van der Waals surface area contributed by atoms with Gasteiger partial charge >= 0.3 is 0 Å². The quantitative estimate of drug-likeness (QED) is 0.519. The molecule has 11 heteroatoms. The zero-order valence-corrected chi connectivity index (χ0v) is 13.9. The number of amides is 1. The van der Waals surface area contributed by atoms with E-state index in [0.29, 0.717) is 0 Å². The number of hydrogen-bond acceptors (Lipinski definition) is 6. The molecule has 0 spiro atoms. The molecule has 0 aliphatic heterocycles. The normalized spacial score (nSPS) is 16.7. The van der Waals surface area contributed by atoms with Crippen LogP contribution in [0.1, 0.15) is 50.0 Å². The van der Waals surface area contributed by atoms with Crippen molar-refractivity contribution < 1.29 is 14.9 Å². The summed E-state index contributed by atoms with van der Waals surface area (Å²) in [6, 6.07) is 1.12. The SMILES string of the molecule is CC1(C)CCC(NC(=O)c2nccc(N[N+](=O)[O-])c2N[N+](=O)[O-])CC1. The molecule has 0 saturated heterocycles. The summed E-state index contributed by atoms with van der Waals surface area (Å²) in [7, 11) is 0. The van der Waals surface area contributed by atoms with Crippen LogP contribution in [-0.2, 0) is 0 Å². The molecule has 0 unspecified atom stereocenters. The third kappa shape index (κ3) is 4.99. The summed E-state index contributed by atoms with van der Waals surface area (Å²) < 4.78 is 0. The highest BCUT2D eigenvalue weighted by molar-refractivity contribution is 6.00. The number of pyridine rings is 1. The molecule has 11 nitrogen and oxygen atoms in total. The first kappa shape index (κ1) is 18.4. The van der Waals surface area contributed by atoms with Crippen molar-refractivity contribution in [1.29, 1.82) is 0 Å². The van der Waals surface area contributed by atoms with E-state index in [2.05, 4.69) is 24.1 Å². The molecule has 1 amide bonds. The number of rotatable bonds is 6. The zero-order chi connectivity index (χ0) is 18.6. The van der Waals surface area contributed by atoms with Crippen LogP contribution in [0.2, 0.25) is 0 Å². The lowest BCUT2D eigenvalue weighted by Crippen LogP contribution is -2.40. The standard InChI is InChI=1S/C14H20N6O5/c1-14(2)6-3-9(4-7-14)16-13(21)12-11(18-20(24)25)10(5-8-15-12)17-19(22)23/h5,8-9,18H,3-4,6-7H2,1-2H3,(H,15,17)(H,16,21). The van der Waals surface area contributed by atoms with Gasteiger partial charge in [-0.15, -0.1) is 10.9 Å². The second-order valence-electron chi connectivity index (χ2n) is 6.73. The maximum Gasteiger partial charge on any atom is 0.272 e. The highest BCUT2D eigenvalue weighted by atomic mass is 16.7. The maximum atomic E-state index is 12.5. The van der Waals surface area contributed by atoms with Gasteiger partial charge in [0.2, 0.25) is 0 Å². The largest absolute Gasteiger partial charge is 0.348 e. The smallest absolute Gasteiger partial charge is 0.272 e. The minimum absolute atomic E-state index is 0.0575. The van der Waals surface area contributed by atoms with Gasteiger partial charge in [0, 0.05) is 12.2 Å². The van der Waals surface area contributed by atoms with Gasteiger partial charge in [0.15, 0.2) is 21.4 Å². The van der Waals surface area contributed by atoms with Crippen LogP contribution < -0.4 is 16.2 Å². The number of hydrazine groups is 2. The van der Waals surface area contributed by atoms with Gasteiger partial charge in [-0.25, -0.2) is 25.2 Å². The Kier molecular flexibility index (Phi) is 5.35. The summed E-state index contributed by atoms with van der Waals surface area (Å²) in [6.07, 6.45) is 4.67. The molecule has 136 valence electrons. The Labute approximate surface area is 143 Å². The van der Waals surface area contributed by atoms with Crippen LogP contribution in [0.4, 0.5) is 11.4 Å². The Morgan fingerprint density at radius 1 is 1.20 bits per heavy atom. The molecule has 1 fully saturated rings. The highest BCUT2D eigenvalue weighted by Crippen LogP contribution is 2.35. The molecule has 1 aromatic heterocycles. The third-order valence-electron chi connectivity index (χ3n) is 4.26. The summed E-state index contributed by atoms with van der Waals surface area (Å²) in [5.41, 5.74) is 3.03. The summed E-state index contributed by atoms with van der Waals surface area (Å²) in [5.74, 6) is -0.610. The molecule has 1 saturated carbocycles. The molecule has 3 N–H and O–H groups in total. The van der Waals surface area contributed by atoms with Gasteiger partial charge < -0.3 is 5.32 Å². The lowest BCUT2D eigenvalue weighted by atomic mass is 9.75. The lowest BCUT2D eigenvalue weighted by Gasteiger charge is -2.34. The predicted molar refractivity (Wildman–Crippen MR) is 89.0 cm³/mol.